The third kappa shape index (κ3) is 4.51. The van der Waals surface area contributed by atoms with Crippen molar-refractivity contribution in [2.75, 3.05) is 13.2 Å². The summed E-state index contributed by atoms with van der Waals surface area (Å²) < 4.78 is 40.4. The lowest BCUT2D eigenvalue weighted by atomic mass is 9.96. The molecule has 0 aromatic carbocycles. The van der Waals surface area contributed by atoms with Crippen LogP contribution in [0.5, 0.6) is 0 Å². The van der Waals surface area contributed by atoms with E-state index in [1.807, 2.05) is 0 Å². The normalized spacial score (nSPS) is 20.0. The summed E-state index contributed by atoms with van der Waals surface area (Å²) in [6, 6.07) is 0. The standard InChI is InChI=1S/C10H16F3NO3/c11-10(12,13)4-1-5-17-6-9(14,8(15)16)7-2-3-7/h7H,1-6,14H2,(H,15,16). The van der Waals surface area contributed by atoms with Crippen LogP contribution in [0.4, 0.5) is 13.2 Å². The largest absolute Gasteiger partial charge is 0.480 e. The average Bonchev–Trinajstić information content (AvgIpc) is 2.97. The van der Waals surface area contributed by atoms with Gasteiger partial charge in [-0.2, -0.15) is 13.2 Å². The van der Waals surface area contributed by atoms with Crippen molar-refractivity contribution in [3.05, 3.63) is 0 Å². The second-order valence-corrected chi connectivity index (χ2v) is 4.39. The van der Waals surface area contributed by atoms with Gasteiger partial charge in [0.1, 0.15) is 5.54 Å². The Kier molecular flexibility index (Phi) is 4.37. The highest BCUT2D eigenvalue weighted by atomic mass is 19.4. The number of nitrogens with two attached hydrogens (primary N) is 1. The number of hydrogen-bond acceptors (Lipinski definition) is 3. The molecule has 1 atom stereocenters. The molecule has 1 aliphatic rings. The predicted octanol–water partition coefficient (Wildman–Crippen LogP) is 1.54. The van der Waals surface area contributed by atoms with Gasteiger partial charge in [-0.3, -0.25) is 4.79 Å². The number of carboxylic acids is 1. The molecule has 1 saturated carbocycles. The molecule has 1 rings (SSSR count). The summed E-state index contributed by atoms with van der Waals surface area (Å²) in [5, 5.41) is 8.94. The van der Waals surface area contributed by atoms with Crippen LogP contribution >= 0.6 is 0 Å². The molecule has 0 amide bonds. The van der Waals surface area contributed by atoms with E-state index in [1.165, 1.54) is 0 Å². The first-order chi connectivity index (χ1) is 7.76. The third-order valence-corrected chi connectivity index (χ3v) is 2.79. The van der Waals surface area contributed by atoms with Crippen molar-refractivity contribution < 1.29 is 27.8 Å². The first-order valence-electron chi connectivity index (χ1n) is 5.42. The number of ether oxygens (including phenoxy) is 1. The molecule has 0 spiro atoms. The number of alkyl halides is 3. The Labute approximate surface area is 96.9 Å². The zero-order valence-electron chi connectivity index (χ0n) is 9.29. The van der Waals surface area contributed by atoms with Gasteiger partial charge in [-0.05, 0) is 25.2 Å². The van der Waals surface area contributed by atoms with Crippen LogP contribution in [-0.4, -0.2) is 36.0 Å². The topological polar surface area (TPSA) is 72.5 Å². The van der Waals surface area contributed by atoms with Crippen molar-refractivity contribution >= 4 is 5.97 Å². The van der Waals surface area contributed by atoms with Crippen molar-refractivity contribution in [1.29, 1.82) is 0 Å². The molecule has 0 aromatic rings. The minimum Gasteiger partial charge on any atom is -0.480 e. The molecular formula is C10H16F3NO3. The maximum Gasteiger partial charge on any atom is 0.389 e. The van der Waals surface area contributed by atoms with E-state index in [9.17, 15) is 18.0 Å². The number of rotatable bonds is 7. The molecule has 0 radical (unpaired) electrons. The molecule has 3 N–H and O–H groups in total. The lowest BCUT2D eigenvalue weighted by molar-refractivity contribution is -0.149. The fourth-order valence-electron chi connectivity index (χ4n) is 1.57. The monoisotopic (exact) mass is 255 g/mol. The van der Waals surface area contributed by atoms with E-state index >= 15 is 0 Å². The molecule has 0 heterocycles. The second kappa shape index (κ2) is 5.22. The van der Waals surface area contributed by atoms with Crippen LogP contribution in [-0.2, 0) is 9.53 Å². The second-order valence-electron chi connectivity index (χ2n) is 4.39. The van der Waals surface area contributed by atoms with Crippen LogP contribution in [0.3, 0.4) is 0 Å². The summed E-state index contributed by atoms with van der Waals surface area (Å²) >= 11 is 0. The summed E-state index contributed by atoms with van der Waals surface area (Å²) in [6.45, 7) is -0.358. The zero-order valence-corrected chi connectivity index (χ0v) is 9.29. The minimum atomic E-state index is -4.20. The third-order valence-electron chi connectivity index (χ3n) is 2.79. The fourth-order valence-corrected chi connectivity index (χ4v) is 1.57. The van der Waals surface area contributed by atoms with E-state index in [1.54, 1.807) is 0 Å². The zero-order chi connectivity index (χ0) is 13.1. The van der Waals surface area contributed by atoms with Crippen LogP contribution in [0.1, 0.15) is 25.7 Å². The quantitative estimate of drug-likeness (QED) is 0.677. The van der Waals surface area contributed by atoms with Gasteiger partial charge in [-0.15, -0.1) is 0 Å². The van der Waals surface area contributed by atoms with Crippen LogP contribution < -0.4 is 5.73 Å². The number of aliphatic carboxylic acids is 1. The highest BCUT2D eigenvalue weighted by molar-refractivity contribution is 5.79. The lowest BCUT2D eigenvalue weighted by Crippen LogP contribution is -2.54. The van der Waals surface area contributed by atoms with Crippen molar-refractivity contribution in [2.24, 2.45) is 11.7 Å². The molecule has 0 aliphatic heterocycles. The van der Waals surface area contributed by atoms with Gasteiger partial charge in [0, 0.05) is 13.0 Å². The van der Waals surface area contributed by atoms with Crippen molar-refractivity contribution in [2.45, 2.75) is 37.4 Å². The summed E-state index contributed by atoms with van der Waals surface area (Å²) in [6.07, 6.45) is -3.85. The molecule has 7 heteroatoms. The lowest BCUT2D eigenvalue weighted by Gasteiger charge is -2.24. The number of hydrogen-bond donors (Lipinski definition) is 2. The van der Waals surface area contributed by atoms with Gasteiger partial charge in [0.15, 0.2) is 0 Å². The molecule has 17 heavy (non-hydrogen) atoms. The van der Waals surface area contributed by atoms with Crippen LogP contribution in [0, 0.1) is 5.92 Å². The van der Waals surface area contributed by atoms with E-state index in [0.29, 0.717) is 0 Å². The van der Waals surface area contributed by atoms with Gasteiger partial charge in [0.2, 0.25) is 0 Å². The Morgan fingerprint density at radius 2 is 2.00 bits per heavy atom. The molecule has 1 fully saturated rings. The van der Waals surface area contributed by atoms with Gasteiger partial charge in [0.05, 0.1) is 6.61 Å². The van der Waals surface area contributed by atoms with Crippen molar-refractivity contribution in [3.63, 3.8) is 0 Å². The van der Waals surface area contributed by atoms with Crippen molar-refractivity contribution in [1.82, 2.24) is 0 Å². The molecule has 0 bridgehead atoms. The Hall–Kier alpha value is -0.820. The number of carboxylic acid groups (broad SMARTS) is 1. The molecule has 0 saturated heterocycles. The minimum absolute atomic E-state index is 0.123. The SMILES string of the molecule is NC(COCCCC(F)(F)F)(C(=O)O)C1CC1. The molecular weight excluding hydrogens is 239 g/mol. The Morgan fingerprint density at radius 3 is 2.41 bits per heavy atom. The smallest absolute Gasteiger partial charge is 0.389 e. The van der Waals surface area contributed by atoms with Gasteiger partial charge in [0.25, 0.3) is 0 Å². The van der Waals surface area contributed by atoms with Crippen LogP contribution in [0.25, 0.3) is 0 Å². The summed E-state index contributed by atoms with van der Waals surface area (Å²) in [7, 11) is 0. The summed E-state index contributed by atoms with van der Waals surface area (Å²) in [4.78, 5) is 10.9. The van der Waals surface area contributed by atoms with E-state index in [2.05, 4.69) is 0 Å². The number of carbonyl (C=O) groups is 1. The van der Waals surface area contributed by atoms with Gasteiger partial charge in [-0.25, -0.2) is 0 Å². The van der Waals surface area contributed by atoms with E-state index in [-0.39, 0.29) is 25.6 Å². The van der Waals surface area contributed by atoms with Crippen LogP contribution in [0.2, 0.25) is 0 Å². The summed E-state index contributed by atoms with van der Waals surface area (Å²) in [5.74, 6) is -1.28. The first-order valence-corrected chi connectivity index (χ1v) is 5.42. The van der Waals surface area contributed by atoms with Gasteiger partial charge < -0.3 is 15.6 Å². The Bertz CT molecular complexity index is 278. The van der Waals surface area contributed by atoms with E-state index < -0.39 is 24.1 Å². The molecule has 4 nitrogen and oxygen atoms in total. The van der Waals surface area contributed by atoms with E-state index in [0.717, 1.165) is 12.8 Å². The van der Waals surface area contributed by atoms with Gasteiger partial charge in [-0.1, -0.05) is 0 Å². The van der Waals surface area contributed by atoms with Crippen molar-refractivity contribution in [3.8, 4) is 0 Å². The van der Waals surface area contributed by atoms with Crippen LogP contribution in [0.15, 0.2) is 0 Å². The summed E-state index contributed by atoms with van der Waals surface area (Å²) in [5.41, 5.74) is 4.22. The maximum atomic E-state index is 11.8. The Balaban J connectivity index is 2.22. The first kappa shape index (κ1) is 14.2. The van der Waals surface area contributed by atoms with Gasteiger partial charge >= 0.3 is 12.1 Å². The van der Waals surface area contributed by atoms with E-state index in [4.69, 9.17) is 15.6 Å². The highest BCUT2D eigenvalue weighted by Gasteiger charge is 2.48. The molecule has 1 aliphatic carbocycles. The maximum absolute atomic E-state index is 11.8. The predicted molar refractivity (Wildman–Crippen MR) is 53.4 cm³/mol. The molecule has 1 unspecified atom stereocenters. The fraction of sp³-hybridized carbons (Fsp3) is 0.900. The molecule has 0 aromatic heterocycles. The highest BCUT2D eigenvalue weighted by Crippen LogP contribution is 2.38. The molecule has 100 valence electrons. The number of halogens is 3. The average molecular weight is 255 g/mol. The Morgan fingerprint density at radius 1 is 1.41 bits per heavy atom.